The normalized spacial score (nSPS) is 18.1. The third-order valence-corrected chi connectivity index (χ3v) is 6.06. The van der Waals surface area contributed by atoms with Gasteiger partial charge >= 0.3 is 0 Å². The number of likely N-dealkylation sites (tertiary alicyclic amines) is 1. The highest BCUT2D eigenvalue weighted by molar-refractivity contribution is 5.99. The van der Waals surface area contributed by atoms with Crippen LogP contribution in [0.1, 0.15) is 29.4 Å². The van der Waals surface area contributed by atoms with Crippen molar-refractivity contribution in [1.82, 2.24) is 19.9 Å². The maximum Gasteiger partial charge on any atom is 0.230 e. The molecule has 2 atom stereocenters. The number of fused-ring (bicyclic) bond motifs is 1. The summed E-state index contributed by atoms with van der Waals surface area (Å²) < 4.78 is 14.0. The molecule has 2 N–H and O–H groups in total. The summed E-state index contributed by atoms with van der Waals surface area (Å²) in [4.78, 5) is 39.0. The number of nitrogens with one attached hydrogen (secondary N) is 2. The van der Waals surface area contributed by atoms with Crippen molar-refractivity contribution in [2.24, 2.45) is 5.92 Å². The summed E-state index contributed by atoms with van der Waals surface area (Å²) in [6.07, 6.45) is 3.83. The molecule has 0 aliphatic carbocycles. The number of rotatable bonds is 5. The van der Waals surface area contributed by atoms with Gasteiger partial charge in [0.15, 0.2) is 0 Å². The van der Waals surface area contributed by atoms with Crippen molar-refractivity contribution < 1.29 is 14.0 Å². The second-order valence-electron chi connectivity index (χ2n) is 8.22. The summed E-state index contributed by atoms with van der Waals surface area (Å²) in [5.74, 6) is -0.470. The number of amides is 2. The Balaban J connectivity index is 1.36. The Morgan fingerprint density at radius 3 is 2.85 bits per heavy atom. The molecule has 2 aromatic carbocycles. The molecule has 0 bridgehead atoms. The molecule has 0 saturated carbocycles. The predicted molar refractivity (Wildman–Crippen MR) is 122 cm³/mol. The summed E-state index contributed by atoms with van der Waals surface area (Å²) in [6, 6.07) is 15.3. The first-order valence-electron chi connectivity index (χ1n) is 10.7. The fourth-order valence-electron chi connectivity index (χ4n) is 4.39. The lowest BCUT2D eigenvalue weighted by Gasteiger charge is -2.24. The number of hydrogen-bond donors (Lipinski definition) is 2. The van der Waals surface area contributed by atoms with E-state index in [-0.39, 0.29) is 30.1 Å². The van der Waals surface area contributed by atoms with E-state index in [1.54, 1.807) is 66.8 Å². The molecule has 1 aliphatic rings. The molecule has 2 aromatic heterocycles. The molecule has 1 aliphatic heterocycles. The summed E-state index contributed by atoms with van der Waals surface area (Å²) >= 11 is 0. The molecule has 5 rings (SSSR count). The van der Waals surface area contributed by atoms with E-state index in [0.717, 1.165) is 16.6 Å². The molecule has 0 spiro atoms. The molecule has 7 nitrogen and oxygen atoms in total. The van der Waals surface area contributed by atoms with Crippen LogP contribution >= 0.6 is 0 Å². The summed E-state index contributed by atoms with van der Waals surface area (Å²) in [6.45, 7) is 0. The van der Waals surface area contributed by atoms with Crippen LogP contribution in [0, 0.1) is 11.7 Å². The zero-order valence-corrected chi connectivity index (χ0v) is 18.0. The number of carbonyl (C=O) groups excluding carboxylic acids is 2. The molecule has 166 valence electrons. The van der Waals surface area contributed by atoms with E-state index in [1.165, 1.54) is 6.07 Å². The van der Waals surface area contributed by atoms with Crippen LogP contribution in [-0.4, -0.2) is 38.7 Å². The van der Waals surface area contributed by atoms with E-state index in [9.17, 15) is 14.0 Å². The van der Waals surface area contributed by atoms with Crippen molar-refractivity contribution >= 4 is 28.5 Å². The van der Waals surface area contributed by atoms with Gasteiger partial charge in [0.25, 0.3) is 0 Å². The number of H-pyrrole nitrogens is 1. The lowest BCUT2D eigenvalue weighted by molar-refractivity contribution is -0.127. The maximum absolute atomic E-state index is 14.0. The highest BCUT2D eigenvalue weighted by Gasteiger charge is 2.42. The molecule has 3 heterocycles. The van der Waals surface area contributed by atoms with Crippen molar-refractivity contribution in [2.45, 2.75) is 18.9 Å². The second kappa shape index (κ2) is 8.46. The average molecular weight is 443 g/mol. The Hall–Kier alpha value is -4.07. The second-order valence-corrected chi connectivity index (χ2v) is 8.22. The number of aromatic nitrogens is 3. The van der Waals surface area contributed by atoms with Crippen molar-refractivity contribution in [3.63, 3.8) is 0 Å². The molecule has 4 aromatic rings. The predicted octanol–water partition coefficient (Wildman–Crippen LogP) is 3.85. The van der Waals surface area contributed by atoms with Gasteiger partial charge in [0, 0.05) is 38.0 Å². The Kier molecular flexibility index (Phi) is 5.34. The van der Waals surface area contributed by atoms with Crippen molar-refractivity contribution in [3.05, 3.63) is 89.8 Å². The molecule has 33 heavy (non-hydrogen) atoms. The fraction of sp³-hybridized carbons (Fsp3) is 0.200. The van der Waals surface area contributed by atoms with E-state index in [0.29, 0.717) is 23.5 Å². The SMILES string of the molecule is CN1C(=O)CC(C(=O)Nc2ccc3nc(Cc4ccccc4F)[nH]c3c2)C1c1cccnc1. The lowest BCUT2D eigenvalue weighted by atomic mass is 9.94. The van der Waals surface area contributed by atoms with Crippen molar-refractivity contribution in [1.29, 1.82) is 0 Å². The Bertz CT molecular complexity index is 1340. The fourth-order valence-corrected chi connectivity index (χ4v) is 4.39. The molecule has 8 heteroatoms. The van der Waals surface area contributed by atoms with Crippen LogP contribution in [0.25, 0.3) is 11.0 Å². The number of aromatic amines is 1. The monoisotopic (exact) mass is 443 g/mol. The first-order chi connectivity index (χ1) is 16.0. The van der Waals surface area contributed by atoms with Crippen molar-refractivity contribution in [2.75, 3.05) is 12.4 Å². The molecular formula is C25H22FN5O2. The number of halogens is 1. The summed E-state index contributed by atoms with van der Waals surface area (Å²) in [7, 11) is 1.71. The van der Waals surface area contributed by atoms with Crippen LogP contribution in [-0.2, 0) is 16.0 Å². The maximum atomic E-state index is 14.0. The van der Waals surface area contributed by atoms with Crippen molar-refractivity contribution in [3.8, 4) is 0 Å². The van der Waals surface area contributed by atoms with E-state index in [1.807, 2.05) is 6.07 Å². The zero-order valence-electron chi connectivity index (χ0n) is 18.0. The van der Waals surface area contributed by atoms with Gasteiger partial charge in [-0.2, -0.15) is 0 Å². The summed E-state index contributed by atoms with van der Waals surface area (Å²) in [5.41, 5.74) is 3.45. The van der Waals surface area contributed by atoms with Crippen LogP contribution in [0.2, 0.25) is 0 Å². The van der Waals surface area contributed by atoms with Gasteiger partial charge in [-0.1, -0.05) is 24.3 Å². The molecule has 0 radical (unpaired) electrons. The standard InChI is InChI=1S/C25H22FN5O2/c1-31-23(32)13-18(24(31)16-6-4-10-27-14-16)25(33)28-17-8-9-20-21(12-17)30-22(29-20)11-15-5-2-3-7-19(15)26/h2-10,12,14,18,24H,11,13H2,1H3,(H,28,33)(H,29,30). The van der Waals surface area contributed by atoms with Gasteiger partial charge in [-0.3, -0.25) is 14.6 Å². The third-order valence-electron chi connectivity index (χ3n) is 6.06. The van der Waals surface area contributed by atoms with Gasteiger partial charge in [-0.25, -0.2) is 9.37 Å². The molecule has 1 saturated heterocycles. The number of carbonyl (C=O) groups is 2. The Labute approximate surface area is 189 Å². The number of hydrogen-bond acceptors (Lipinski definition) is 4. The molecule has 1 fully saturated rings. The smallest absolute Gasteiger partial charge is 0.230 e. The minimum atomic E-state index is -0.527. The number of nitrogens with zero attached hydrogens (tertiary/aromatic N) is 3. The average Bonchev–Trinajstić information content (AvgIpc) is 3.35. The Morgan fingerprint density at radius 1 is 1.21 bits per heavy atom. The van der Waals surface area contributed by atoms with E-state index < -0.39 is 5.92 Å². The van der Waals surface area contributed by atoms with Gasteiger partial charge in [-0.15, -0.1) is 0 Å². The molecule has 2 amide bonds. The third kappa shape index (κ3) is 4.07. The van der Waals surface area contributed by atoms with Crippen LogP contribution < -0.4 is 5.32 Å². The highest BCUT2D eigenvalue weighted by Crippen LogP contribution is 2.37. The van der Waals surface area contributed by atoms with Gasteiger partial charge in [0.05, 0.1) is 23.0 Å². The number of imidazole rings is 1. The van der Waals surface area contributed by atoms with Gasteiger partial charge in [0.1, 0.15) is 11.6 Å². The van der Waals surface area contributed by atoms with E-state index >= 15 is 0 Å². The lowest BCUT2D eigenvalue weighted by Crippen LogP contribution is -2.30. The van der Waals surface area contributed by atoms with Crippen LogP contribution in [0.3, 0.4) is 0 Å². The van der Waals surface area contributed by atoms with Crippen LogP contribution in [0.15, 0.2) is 67.0 Å². The van der Waals surface area contributed by atoms with E-state index in [2.05, 4.69) is 20.3 Å². The van der Waals surface area contributed by atoms with Crippen LogP contribution in [0.5, 0.6) is 0 Å². The summed E-state index contributed by atoms with van der Waals surface area (Å²) in [5, 5.41) is 2.94. The highest BCUT2D eigenvalue weighted by atomic mass is 19.1. The zero-order chi connectivity index (χ0) is 22.9. The first-order valence-corrected chi connectivity index (χ1v) is 10.7. The van der Waals surface area contributed by atoms with Gasteiger partial charge in [0.2, 0.25) is 11.8 Å². The number of pyridine rings is 1. The number of benzene rings is 2. The van der Waals surface area contributed by atoms with Crippen LogP contribution in [0.4, 0.5) is 10.1 Å². The number of anilines is 1. The topological polar surface area (TPSA) is 91.0 Å². The van der Waals surface area contributed by atoms with E-state index in [4.69, 9.17) is 0 Å². The largest absolute Gasteiger partial charge is 0.342 e. The minimum absolute atomic E-state index is 0.0780. The Morgan fingerprint density at radius 2 is 2.06 bits per heavy atom. The van der Waals surface area contributed by atoms with Gasteiger partial charge < -0.3 is 15.2 Å². The minimum Gasteiger partial charge on any atom is -0.342 e. The molecule has 2 unspecified atom stereocenters. The first kappa shape index (κ1) is 20.8. The quantitative estimate of drug-likeness (QED) is 0.490. The molecular weight excluding hydrogens is 421 g/mol. The van der Waals surface area contributed by atoms with Gasteiger partial charge in [-0.05, 0) is 41.5 Å².